The normalized spacial score (nSPS) is 21.2. The molecule has 0 aromatic rings. The molecule has 0 amide bonds. The van der Waals surface area contributed by atoms with Gasteiger partial charge in [-0.15, -0.1) is 0 Å². The van der Waals surface area contributed by atoms with Crippen LogP contribution in [-0.2, 0) is 9.47 Å². The summed E-state index contributed by atoms with van der Waals surface area (Å²) in [7, 11) is 1.77. The van der Waals surface area contributed by atoms with Gasteiger partial charge in [0.25, 0.3) is 0 Å². The van der Waals surface area contributed by atoms with Crippen LogP contribution in [0.25, 0.3) is 0 Å². The summed E-state index contributed by atoms with van der Waals surface area (Å²) >= 11 is 0. The lowest BCUT2D eigenvalue weighted by Gasteiger charge is -2.42. The molecule has 1 aliphatic rings. The molecule has 1 atom stereocenters. The van der Waals surface area contributed by atoms with Crippen LogP contribution in [0.2, 0.25) is 0 Å². The van der Waals surface area contributed by atoms with Crippen LogP contribution < -0.4 is 5.73 Å². The Bertz CT molecular complexity index is 218. The molecular weight excluding hydrogens is 228 g/mol. The van der Waals surface area contributed by atoms with Gasteiger partial charge in [-0.3, -0.25) is 4.90 Å². The highest BCUT2D eigenvalue weighted by molar-refractivity contribution is 4.87. The zero-order valence-electron chi connectivity index (χ0n) is 12.3. The van der Waals surface area contributed by atoms with Gasteiger partial charge in [-0.25, -0.2) is 0 Å². The summed E-state index contributed by atoms with van der Waals surface area (Å²) in [5, 5.41) is 0. The number of hydrogen-bond donors (Lipinski definition) is 1. The van der Waals surface area contributed by atoms with Crippen molar-refractivity contribution < 1.29 is 9.47 Å². The molecule has 1 fully saturated rings. The van der Waals surface area contributed by atoms with Crippen LogP contribution in [0.5, 0.6) is 0 Å². The van der Waals surface area contributed by atoms with Crippen molar-refractivity contribution in [2.24, 2.45) is 11.1 Å². The van der Waals surface area contributed by atoms with Gasteiger partial charge in [-0.05, 0) is 38.1 Å². The van der Waals surface area contributed by atoms with Gasteiger partial charge in [0.2, 0.25) is 0 Å². The summed E-state index contributed by atoms with van der Waals surface area (Å²) in [6.45, 7) is 9.87. The molecule has 0 bridgehead atoms. The fourth-order valence-corrected chi connectivity index (χ4v) is 2.58. The number of nitrogens with zero attached hydrogens (tertiary/aromatic N) is 1. The van der Waals surface area contributed by atoms with E-state index >= 15 is 0 Å². The van der Waals surface area contributed by atoms with Crippen LogP contribution in [0.1, 0.15) is 33.1 Å². The summed E-state index contributed by atoms with van der Waals surface area (Å²) in [6.07, 6.45) is 3.34. The zero-order chi connectivity index (χ0) is 13.4. The quantitative estimate of drug-likeness (QED) is 0.716. The standard InChI is InChI=1S/C14H30N2O2/c1-4-13(2)16(7-10-17-3)12-14(11-15)5-8-18-9-6-14/h13H,4-12,15H2,1-3H3. The van der Waals surface area contributed by atoms with Crippen molar-refractivity contribution in [3.63, 3.8) is 0 Å². The van der Waals surface area contributed by atoms with Gasteiger partial charge in [-0.2, -0.15) is 0 Å². The van der Waals surface area contributed by atoms with Crippen molar-refractivity contribution in [1.82, 2.24) is 4.90 Å². The van der Waals surface area contributed by atoms with Gasteiger partial charge in [0.05, 0.1) is 6.61 Å². The molecule has 1 rings (SSSR count). The van der Waals surface area contributed by atoms with E-state index in [1.165, 1.54) is 6.42 Å². The van der Waals surface area contributed by atoms with E-state index in [1.807, 2.05) is 0 Å². The van der Waals surface area contributed by atoms with Crippen LogP contribution in [0.3, 0.4) is 0 Å². The Morgan fingerprint density at radius 1 is 1.39 bits per heavy atom. The fraction of sp³-hybridized carbons (Fsp3) is 1.00. The molecule has 1 heterocycles. The van der Waals surface area contributed by atoms with Crippen LogP contribution in [0, 0.1) is 5.41 Å². The molecule has 0 saturated carbocycles. The van der Waals surface area contributed by atoms with Crippen LogP contribution in [0.15, 0.2) is 0 Å². The Morgan fingerprint density at radius 3 is 2.56 bits per heavy atom. The van der Waals surface area contributed by atoms with Crippen molar-refractivity contribution in [1.29, 1.82) is 0 Å². The molecule has 0 aromatic heterocycles. The molecule has 1 saturated heterocycles. The maximum atomic E-state index is 6.04. The molecule has 2 N–H and O–H groups in total. The maximum Gasteiger partial charge on any atom is 0.0589 e. The first kappa shape index (κ1) is 15.9. The van der Waals surface area contributed by atoms with Crippen molar-refractivity contribution in [3.8, 4) is 0 Å². The second kappa shape index (κ2) is 8.10. The minimum atomic E-state index is 0.245. The lowest BCUT2D eigenvalue weighted by molar-refractivity contribution is -0.0111. The average Bonchev–Trinajstić information content (AvgIpc) is 2.43. The Balaban J connectivity index is 2.60. The zero-order valence-corrected chi connectivity index (χ0v) is 12.3. The minimum Gasteiger partial charge on any atom is -0.383 e. The molecule has 4 heteroatoms. The summed E-state index contributed by atoms with van der Waals surface area (Å²) in [4.78, 5) is 2.53. The molecule has 1 aliphatic heterocycles. The highest BCUT2D eigenvalue weighted by atomic mass is 16.5. The number of hydrogen-bond acceptors (Lipinski definition) is 4. The SMILES string of the molecule is CCC(C)N(CCOC)CC1(CN)CCOCC1. The van der Waals surface area contributed by atoms with E-state index < -0.39 is 0 Å². The molecule has 0 radical (unpaired) electrons. The van der Waals surface area contributed by atoms with E-state index in [4.69, 9.17) is 15.2 Å². The molecule has 108 valence electrons. The Kier molecular flexibility index (Phi) is 7.15. The Labute approximate surface area is 112 Å². The molecule has 4 nitrogen and oxygen atoms in total. The van der Waals surface area contributed by atoms with Gasteiger partial charge in [0, 0.05) is 39.5 Å². The third-order valence-electron chi connectivity index (χ3n) is 4.32. The summed E-state index contributed by atoms with van der Waals surface area (Å²) < 4.78 is 10.7. The van der Waals surface area contributed by atoms with E-state index in [9.17, 15) is 0 Å². The van der Waals surface area contributed by atoms with Gasteiger partial charge >= 0.3 is 0 Å². The summed E-state index contributed by atoms with van der Waals surface area (Å²) in [5.74, 6) is 0. The first-order valence-electron chi connectivity index (χ1n) is 7.18. The summed E-state index contributed by atoms with van der Waals surface area (Å²) in [5.41, 5.74) is 6.29. The van der Waals surface area contributed by atoms with Gasteiger partial charge in [0.15, 0.2) is 0 Å². The van der Waals surface area contributed by atoms with Crippen molar-refractivity contribution in [3.05, 3.63) is 0 Å². The highest BCUT2D eigenvalue weighted by Gasteiger charge is 2.34. The minimum absolute atomic E-state index is 0.245. The lowest BCUT2D eigenvalue weighted by Crippen LogP contribution is -2.49. The van der Waals surface area contributed by atoms with E-state index in [2.05, 4.69) is 18.7 Å². The summed E-state index contributed by atoms with van der Waals surface area (Å²) in [6, 6.07) is 0.589. The first-order chi connectivity index (χ1) is 8.67. The second-order valence-electron chi connectivity index (χ2n) is 5.54. The number of nitrogens with two attached hydrogens (primary N) is 1. The van der Waals surface area contributed by atoms with E-state index in [0.717, 1.165) is 52.3 Å². The van der Waals surface area contributed by atoms with Gasteiger partial charge < -0.3 is 15.2 Å². The molecule has 0 aliphatic carbocycles. The van der Waals surface area contributed by atoms with E-state index in [1.54, 1.807) is 7.11 Å². The molecular formula is C14H30N2O2. The highest BCUT2D eigenvalue weighted by Crippen LogP contribution is 2.31. The van der Waals surface area contributed by atoms with Crippen molar-refractivity contribution in [2.45, 2.75) is 39.2 Å². The van der Waals surface area contributed by atoms with Gasteiger partial charge in [-0.1, -0.05) is 6.92 Å². The smallest absolute Gasteiger partial charge is 0.0589 e. The lowest BCUT2D eigenvalue weighted by atomic mass is 9.79. The monoisotopic (exact) mass is 258 g/mol. The number of methoxy groups -OCH3 is 1. The largest absolute Gasteiger partial charge is 0.383 e. The number of ether oxygens (including phenoxy) is 2. The predicted octanol–water partition coefficient (Wildman–Crippen LogP) is 1.49. The van der Waals surface area contributed by atoms with E-state index in [0.29, 0.717) is 6.04 Å². The predicted molar refractivity (Wildman–Crippen MR) is 74.7 cm³/mol. The molecule has 0 spiro atoms. The van der Waals surface area contributed by atoms with Crippen molar-refractivity contribution >= 4 is 0 Å². The fourth-order valence-electron chi connectivity index (χ4n) is 2.58. The Hall–Kier alpha value is -0.160. The van der Waals surface area contributed by atoms with E-state index in [-0.39, 0.29) is 5.41 Å². The topological polar surface area (TPSA) is 47.7 Å². The third kappa shape index (κ3) is 4.50. The maximum absolute atomic E-state index is 6.04. The van der Waals surface area contributed by atoms with Crippen LogP contribution in [0.4, 0.5) is 0 Å². The van der Waals surface area contributed by atoms with Crippen molar-refractivity contribution in [2.75, 3.05) is 46.6 Å². The molecule has 0 aromatic carbocycles. The van der Waals surface area contributed by atoms with Crippen LogP contribution in [-0.4, -0.2) is 57.5 Å². The average molecular weight is 258 g/mol. The molecule has 18 heavy (non-hydrogen) atoms. The van der Waals surface area contributed by atoms with Crippen LogP contribution >= 0.6 is 0 Å². The third-order valence-corrected chi connectivity index (χ3v) is 4.32. The second-order valence-corrected chi connectivity index (χ2v) is 5.54. The Morgan fingerprint density at radius 2 is 2.06 bits per heavy atom. The number of rotatable bonds is 8. The molecule has 1 unspecified atom stereocenters. The first-order valence-corrected chi connectivity index (χ1v) is 7.18. The van der Waals surface area contributed by atoms with Gasteiger partial charge in [0.1, 0.15) is 0 Å².